The van der Waals surface area contributed by atoms with Crippen molar-refractivity contribution in [2.45, 2.75) is 25.4 Å². The van der Waals surface area contributed by atoms with Crippen molar-refractivity contribution in [1.29, 1.82) is 0 Å². The Morgan fingerprint density at radius 2 is 2.13 bits per heavy atom. The molecular formula is C14H19FN6O2. The van der Waals surface area contributed by atoms with Gasteiger partial charge in [-0.05, 0) is 19.3 Å². The molecule has 1 aromatic rings. The number of carbonyl (C=O) groups excluding carboxylic acids is 2. The topological polar surface area (TPSA) is 140 Å². The van der Waals surface area contributed by atoms with E-state index in [9.17, 15) is 14.0 Å². The van der Waals surface area contributed by atoms with E-state index >= 15 is 0 Å². The van der Waals surface area contributed by atoms with Crippen LogP contribution in [0.4, 0.5) is 15.9 Å². The van der Waals surface area contributed by atoms with E-state index in [1.165, 1.54) is 0 Å². The summed E-state index contributed by atoms with van der Waals surface area (Å²) in [7, 11) is 0. The van der Waals surface area contributed by atoms with Gasteiger partial charge in [0, 0.05) is 19.1 Å². The van der Waals surface area contributed by atoms with Crippen LogP contribution in [-0.4, -0.2) is 35.9 Å². The number of aromatic nitrogens is 1. The zero-order valence-electron chi connectivity index (χ0n) is 12.7. The molecule has 0 aromatic carbocycles. The number of carbonyl (C=O) groups is 2. The highest BCUT2D eigenvalue weighted by Gasteiger charge is 2.37. The molecule has 8 nitrogen and oxygen atoms in total. The molecule has 1 fully saturated rings. The number of nitrogens with one attached hydrogen (secondary N) is 1. The molecule has 23 heavy (non-hydrogen) atoms. The monoisotopic (exact) mass is 322 g/mol. The second-order valence-corrected chi connectivity index (χ2v) is 6.07. The van der Waals surface area contributed by atoms with Gasteiger partial charge in [0.05, 0.1) is 16.9 Å². The average molecular weight is 322 g/mol. The van der Waals surface area contributed by atoms with Crippen molar-refractivity contribution in [1.82, 2.24) is 10.3 Å². The van der Waals surface area contributed by atoms with E-state index in [0.29, 0.717) is 13.1 Å². The van der Waals surface area contributed by atoms with Crippen LogP contribution in [0, 0.1) is 11.7 Å². The Labute approximate surface area is 132 Å². The first-order valence-electron chi connectivity index (χ1n) is 7.41. The number of anilines is 2. The predicted octanol–water partition coefficient (Wildman–Crippen LogP) is -0.754. The van der Waals surface area contributed by atoms with Crippen molar-refractivity contribution in [3.63, 3.8) is 0 Å². The maximum absolute atomic E-state index is 14.6. The summed E-state index contributed by atoms with van der Waals surface area (Å²) in [6.07, 6.45) is 0.807. The van der Waals surface area contributed by atoms with Crippen LogP contribution in [0.25, 0.3) is 0 Å². The molecular weight excluding hydrogens is 303 g/mol. The molecule has 0 spiro atoms. The number of hydrogen-bond acceptors (Lipinski definition) is 7. The number of imide groups is 1. The molecule has 2 amide bonds. The molecule has 0 saturated carbocycles. The smallest absolute Gasteiger partial charge is 0.262 e. The molecule has 1 aromatic heterocycles. The van der Waals surface area contributed by atoms with E-state index in [1.54, 1.807) is 4.90 Å². The van der Waals surface area contributed by atoms with Crippen LogP contribution in [0.5, 0.6) is 0 Å². The summed E-state index contributed by atoms with van der Waals surface area (Å²) in [6.45, 7) is 3.01. The van der Waals surface area contributed by atoms with E-state index in [1.807, 2.05) is 12.2 Å². The lowest BCUT2D eigenvalue weighted by atomic mass is 10.00. The van der Waals surface area contributed by atoms with Gasteiger partial charge < -0.3 is 22.1 Å². The van der Waals surface area contributed by atoms with Crippen molar-refractivity contribution in [3.8, 4) is 0 Å². The Kier molecular flexibility index (Phi) is 3.69. The minimum absolute atomic E-state index is 0.0110. The Balaban J connectivity index is 2.05. The molecule has 7 N–H and O–H groups in total. The molecule has 3 atom stereocenters. The first kappa shape index (κ1) is 15.6. The summed E-state index contributed by atoms with van der Waals surface area (Å²) < 4.78 is 14.6. The lowest BCUT2D eigenvalue weighted by Gasteiger charge is -2.26. The number of nitrogens with zero attached hydrogens (tertiary/aromatic N) is 2. The number of nitrogens with two attached hydrogens (primary N) is 3. The summed E-state index contributed by atoms with van der Waals surface area (Å²) in [6, 6.07) is -1.18. The molecule has 0 radical (unpaired) electrons. The highest BCUT2D eigenvalue weighted by atomic mass is 19.1. The van der Waals surface area contributed by atoms with Crippen molar-refractivity contribution in [2.75, 3.05) is 23.7 Å². The van der Waals surface area contributed by atoms with Gasteiger partial charge in [-0.15, -0.1) is 0 Å². The number of halogens is 1. The normalized spacial score (nSPS) is 25.3. The van der Waals surface area contributed by atoms with Gasteiger partial charge in [-0.1, -0.05) is 0 Å². The van der Waals surface area contributed by atoms with Gasteiger partial charge in [0.15, 0.2) is 11.6 Å². The van der Waals surface area contributed by atoms with Gasteiger partial charge in [0.2, 0.25) is 5.91 Å². The Bertz CT molecular complexity index is 692. The fraction of sp³-hybridized carbons (Fsp3) is 0.500. The molecule has 0 bridgehead atoms. The first-order valence-corrected chi connectivity index (χ1v) is 7.41. The van der Waals surface area contributed by atoms with Gasteiger partial charge in [-0.2, -0.15) is 0 Å². The van der Waals surface area contributed by atoms with Crippen molar-refractivity contribution in [3.05, 3.63) is 17.1 Å². The summed E-state index contributed by atoms with van der Waals surface area (Å²) >= 11 is 0. The lowest BCUT2D eigenvalue weighted by Crippen LogP contribution is -2.45. The van der Waals surface area contributed by atoms with Crippen molar-refractivity contribution in [2.24, 2.45) is 17.4 Å². The predicted molar refractivity (Wildman–Crippen MR) is 82.0 cm³/mol. The van der Waals surface area contributed by atoms with Gasteiger partial charge >= 0.3 is 0 Å². The highest BCUT2D eigenvalue weighted by molar-refractivity contribution is 6.13. The minimum Gasteiger partial charge on any atom is -0.396 e. The summed E-state index contributed by atoms with van der Waals surface area (Å²) in [5.74, 6) is -2.00. The third kappa shape index (κ3) is 2.41. The van der Waals surface area contributed by atoms with E-state index in [0.717, 1.165) is 6.42 Å². The maximum Gasteiger partial charge on any atom is 0.262 e. The van der Waals surface area contributed by atoms with Gasteiger partial charge in [-0.25, -0.2) is 9.37 Å². The third-order valence-corrected chi connectivity index (χ3v) is 4.49. The fourth-order valence-electron chi connectivity index (χ4n) is 3.05. The standard InChI is InChI=1S/C14H19FN6O2/c1-5(16)6-2-3-21(4-6)12-8(15)9(17)7-11(19-12)10(18)14(23)20-13(7)22/h5-6,10H,2-4,16,18H2,1H3,(H2,17,19)(H,20,22,23). The number of amides is 2. The summed E-state index contributed by atoms with van der Waals surface area (Å²) in [5, 5.41) is 2.04. The SMILES string of the molecule is CC(N)C1CCN(c2nc3c(c(N)c2F)C(=O)NC(=O)C3N)C1. The van der Waals surface area contributed by atoms with E-state index in [-0.39, 0.29) is 34.7 Å². The van der Waals surface area contributed by atoms with Crippen LogP contribution >= 0.6 is 0 Å². The van der Waals surface area contributed by atoms with E-state index < -0.39 is 23.7 Å². The van der Waals surface area contributed by atoms with Gasteiger partial charge in [-0.3, -0.25) is 14.9 Å². The molecule has 1 saturated heterocycles. The molecule has 2 aliphatic heterocycles. The maximum atomic E-state index is 14.6. The van der Waals surface area contributed by atoms with Crippen molar-refractivity contribution < 1.29 is 14.0 Å². The lowest BCUT2D eigenvalue weighted by molar-refractivity contribution is -0.121. The van der Waals surface area contributed by atoms with E-state index in [4.69, 9.17) is 17.2 Å². The molecule has 3 unspecified atom stereocenters. The molecule has 124 valence electrons. The van der Waals surface area contributed by atoms with Gasteiger partial charge in [0.1, 0.15) is 6.04 Å². The second-order valence-electron chi connectivity index (χ2n) is 6.07. The number of pyridine rings is 1. The Morgan fingerprint density at radius 3 is 2.74 bits per heavy atom. The van der Waals surface area contributed by atoms with Crippen LogP contribution in [0.1, 0.15) is 35.4 Å². The second kappa shape index (κ2) is 5.43. The van der Waals surface area contributed by atoms with Crippen LogP contribution in [0.3, 0.4) is 0 Å². The molecule has 2 aliphatic rings. The zero-order valence-corrected chi connectivity index (χ0v) is 12.7. The van der Waals surface area contributed by atoms with Crippen LogP contribution in [-0.2, 0) is 4.79 Å². The quantitative estimate of drug-likeness (QED) is 0.525. The van der Waals surface area contributed by atoms with Crippen molar-refractivity contribution >= 4 is 23.3 Å². The average Bonchev–Trinajstić information content (AvgIpc) is 2.97. The molecule has 9 heteroatoms. The highest BCUT2D eigenvalue weighted by Crippen LogP contribution is 2.34. The van der Waals surface area contributed by atoms with E-state index in [2.05, 4.69) is 4.98 Å². The first-order chi connectivity index (χ1) is 10.8. The molecule has 3 heterocycles. The number of rotatable bonds is 2. The van der Waals surface area contributed by atoms with Crippen LogP contribution in [0.2, 0.25) is 0 Å². The largest absolute Gasteiger partial charge is 0.396 e. The Morgan fingerprint density at radius 1 is 1.43 bits per heavy atom. The summed E-state index contributed by atoms with van der Waals surface area (Å²) in [4.78, 5) is 29.4. The minimum atomic E-state index is -1.16. The zero-order chi connectivity index (χ0) is 16.9. The molecule has 0 aliphatic carbocycles. The third-order valence-electron chi connectivity index (χ3n) is 4.49. The molecule has 3 rings (SSSR count). The fourth-order valence-corrected chi connectivity index (χ4v) is 3.05. The van der Waals surface area contributed by atoms with Crippen LogP contribution in [0.15, 0.2) is 0 Å². The van der Waals surface area contributed by atoms with Crippen LogP contribution < -0.4 is 27.4 Å². The summed E-state index contributed by atoms with van der Waals surface area (Å²) in [5.41, 5.74) is 16.9. The van der Waals surface area contributed by atoms with Gasteiger partial charge in [0.25, 0.3) is 5.91 Å². The number of hydrogen-bond donors (Lipinski definition) is 4. The number of fused-ring (bicyclic) bond motifs is 1. The number of nitrogen functional groups attached to an aromatic ring is 1. The Hall–Kier alpha value is -2.26.